The second-order valence-electron chi connectivity index (χ2n) is 7.06. The summed E-state index contributed by atoms with van der Waals surface area (Å²) in [5, 5.41) is 2.34. The van der Waals surface area contributed by atoms with Gasteiger partial charge in [-0.25, -0.2) is 4.98 Å². The van der Waals surface area contributed by atoms with Gasteiger partial charge in [-0.1, -0.05) is 54.1 Å². The van der Waals surface area contributed by atoms with E-state index < -0.39 is 12.1 Å². The number of rotatable bonds is 4. The van der Waals surface area contributed by atoms with Crippen LogP contribution in [0.3, 0.4) is 0 Å². The summed E-state index contributed by atoms with van der Waals surface area (Å²) < 4.78 is 37.5. The van der Waals surface area contributed by atoms with E-state index in [4.69, 9.17) is 11.6 Å². The van der Waals surface area contributed by atoms with Crippen molar-refractivity contribution >= 4 is 55.9 Å². The van der Waals surface area contributed by atoms with E-state index in [0.717, 1.165) is 16.0 Å². The molecule has 4 aromatic rings. The molecule has 2 heterocycles. The summed E-state index contributed by atoms with van der Waals surface area (Å²) in [6.45, 7) is 1.91. The number of hydrogen-bond donors (Lipinski definition) is 2. The third-order valence-electron chi connectivity index (χ3n) is 4.72. The number of thiophene rings is 1. The highest BCUT2D eigenvalue weighted by Crippen LogP contribution is 2.36. The highest BCUT2D eigenvalue weighted by Gasteiger charge is 2.38. The maximum Gasteiger partial charge on any atom is 0.471 e. The first-order chi connectivity index (χ1) is 15.6. The van der Waals surface area contributed by atoms with Crippen LogP contribution < -0.4 is 10.9 Å². The fourth-order valence-corrected chi connectivity index (χ4v) is 4.57. The van der Waals surface area contributed by atoms with Crippen LogP contribution in [-0.2, 0) is 4.79 Å². The quantitative estimate of drug-likeness (QED) is 0.358. The molecule has 0 aliphatic carbocycles. The fourth-order valence-electron chi connectivity index (χ4n) is 3.31. The van der Waals surface area contributed by atoms with E-state index in [9.17, 15) is 22.8 Å². The minimum Gasteiger partial charge on any atom is -0.318 e. The van der Waals surface area contributed by atoms with E-state index in [2.05, 4.69) is 9.97 Å². The summed E-state index contributed by atoms with van der Waals surface area (Å²) in [7, 11) is 0. The molecule has 5 nitrogen and oxygen atoms in total. The lowest BCUT2D eigenvalue weighted by Gasteiger charge is -2.08. The molecule has 0 bridgehead atoms. The SMILES string of the molecule is Cc1sc2nc(/C(Cl)=C/c3cccc(NC(=O)C(F)(F)F)c3)[nH]c(=O)c2c1-c1ccccc1. The van der Waals surface area contributed by atoms with Crippen LogP contribution >= 0.6 is 22.9 Å². The first-order valence-corrected chi connectivity index (χ1v) is 10.8. The van der Waals surface area contributed by atoms with E-state index in [1.54, 1.807) is 11.4 Å². The average Bonchev–Trinajstić information content (AvgIpc) is 3.10. The topological polar surface area (TPSA) is 74.8 Å². The maximum absolute atomic E-state index is 12.9. The normalized spacial score (nSPS) is 12.2. The third kappa shape index (κ3) is 4.84. The number of aromatic amines is 1. The Hall–Kier alpha value is -3.43. The Labute approximate surface area is 194 Å². The summed E-state index contributed by atoms with van der Waals surface area (Å²) in [5.74, 6) is -1.95. The van der Waals surface area contributed by atoms with E-state index in [1.165, 1.54) is 35.6 Å². The molecular formula is C23H15ClF3N3O2S. The summed E-state index contributed by atoms with van der Waals surface area (Å²) in [5.41, 5.74) is 1.73. The second kappa shape index (κ2) is 8.84. The van der Waals surface area contributed by atoms with Crippen LogP contribution in [0.25, 0.3) is 32.5 Å². The Bertz CT molecular complexity index is 1440. The Morgan fingerprint density at radius 1 is 1.15 bits per heavy atom. The highest BCUT2D eigenvalue weighted by atomic mass is 35.5. The van der Waals surface area contributed by atoms with Gasteiger partial charge in [0.05, 0.1) is 10.4 Å². The third-order valence-corrected chi connectivity index (χ3v) is 6.01. The molecule has 4 rings (SSSR count). The number of anilines is 1. The minimum atomic E-state index is -5.00. The number of nitrogens with one attached hydrogen (secondary N) is 2. The number of alkyl halides is 3. The molecule has 0 spiro atoms. The van der Waals surface area contributed by atoms with Gasteiger partial charge in [0.2, 0.25) is 0 Å². The van der Waals surface area contributed by atoms with Gasteiger partial charge in [-0.2, -0.15) is 13.2 Å². The first-order valence-electron chi connectivity index (χ1n) is 9.58. The van der Waals surface area contributed by atoms with Crippen molar-refractivity contribution in [3.05, 3.63) is 81.2 Å². The molecule has 0 saturated carbocycles. The molecule has 2 aromatic heterocycles. The molecular weight excluding hydrogens is 475 g/mol. The van der Waals surface area contributed by atoms with E-state index in [-0.39, 0.29) is 22.1 Å². The zero-order valence-corrected chi connectivity index (χ0v) is 18.5. The van der Waals surface area contributed by atoms with Crippen LogP contribution in [0.2, 0.25) is 0 Å². The van der Waals surface area contributed by atoms with Crippen LogP contribution in [0.1, 0.15) is 16.3 Å². The van der Waals surface area contributed by atoms with E-state index in [0.29, 0.717) is 15.8 Å². The summed E-state index contributed by atoms with van der Waals surface area (Å²) in [6, 6.07) is 15.2. The molecule has 2 N–H and O–H groups in total. The van der Waals surface area contributed by atoms with Gasteiger partial charge in [0.1, 0.15) is 4.83 Å². The van der Waals surface area contributed by atoms with Crippen LogP contribution in [0.5, 0.6) is 0 Å². The first kappa shape index (κ1) is 22.8. The molecule has 1 amide bonds. The lowest BCUT2D eigenvalue weighted by atomic mass is 10.0. The van der Waals surface area contributed by atoms with Gasteiger partial charge in [0.25, 0.3) is 5.56 Å². The van der Waals surface area contributed by atoms with Gasteiger partial charge in [0, 0.05) is 16.1 Å². The second-order valence-corrected chi connectivity index (χ2v) is 8.67. The molecule has 2 aromatic carbocycles. The minimum absolute atomic E-state index is 0.0474. The molecule has 0 aliphatic rings. The number of carbonyl (C=O) groups is 1. The van der Waals surface area contributed by atoms with Crippen molar-refractivity contribution in [2.45, 2.75) is 13.1 Å². The zero-order chi connectivity index (χ0) is 23.8. The smallest absolute Gasteiger partial charge is 0.318 e. The van der Waals surface area contributed by atoms with Crippen molar-refractivity contribution in [3.8, 4) is 11.1 Å². The number of aryl methyl sites for hydroxylation is 1. The van der Waals surface area contributed by atoms with Gasteiger partial charge in [-0.3, -0.25) is 9.59 Å². The molecule has 0 unspecified atom stereocenters. The number of fused-ring (bicyclic) bond motifs is 1. The number of carbonyl (C=O) groups excluding carboxylic acids is 1. The van der Waals surface area contributed by atoms with E-state index >= 15 is 0 Å². The molecule has 0 saturated heterocycles. The lowest BCUT2D eigenvalue weighted by Crippen LogP contribution is -2.29. The fraction of sp³-hybridized carbons (Fsp3) is 0.0870. The molecule has 10 heteroatoms. The molecule has 0 radical (unpaired) electrons. The van der Waals surface area contributed by atoms with Gasteiger partial charge in [-0.15, -0.1) is 11.3 Å². The predicted octanol–water partition coefficient (Wildman–Crippen LogP) is 6.20. The van der Waals surface area contributed by atoms with Gasteiger partial charge in [-0.05, 0) is 36.3 Å². The number of amides is 1. The van der Waals surface area contributed by atoms with Crippen molar-refractivity contribution in [2.24, 2.45) is 0 Å². The van der Waals surface area contributed by atoms with Crippen molar-refractivity contribution in [1.82, 2.24) is 9.97 Å². The Morgan fingerprint density at radius 3 is 2.58 bits per heavy atom. The maximum atomic E-state index is 12.9. The molecule has 0 fully saturated rings. The van der Waals surface area contributed by atoms with Gasteiger partial charge >= 0.3 is 12.1 Å². The van der Waals surface area contributed by atoms with Crippen molar-refractivity contribution in [1.29, 1.82) is 0 Å². The number of nitrogens with zero attached hydrogens (tertiary/aromatic N) is 1. The Kier molecular flexibility index (Phi) is 6.09. The molecule has 0 aliphatic heterocycles. The van der Waals surface area contributed by atoms with Crippen LogP contribution in [0, 0.1) is 6.92 Å². The summed E-state index contributed by atoms with van der Waals surface area (Å²) >= 11 is 7.74. The van der Waals surface area contributed by atoms with Crippen molar-refractivity contribution in [3.63, 3.8) is 0 Å². The number of H-pyrrole nitrogens is 1. The molecule has 168 valence electrons. The summed E-state index contributed by atoms with van der Waals surface area (Å²) in [6.07, 6.45) is -3.56. The highest BCUT2D eigenvalue weighted by molar-refractivity contribution is 7.19. The lowest BCUT2D eigenvalue weighted by molar-refractivity contribution is -0.167. The van der Waals surface area contributed by atoms with Crippen molar-refractivity contribution < 1.29 is 18.0 Å². The number of hydrogen-bond acceptors (Lipinski definition) is 4. The summed E-state index contributed by atoms with van der Waals surface area (Å²) in [4.78, 5) is 32.7. The van der Waals surface area contributed by atoms with Crippen LogP contribution in [0.15, 0.2) is 59.4 Å². The van der Waals surface area contributed by atoms with Crippen LogP contribution in [-0.4, -0.2) is 22.1 Å². The van der Waals surface area contributed by atoms with Gasteiger partial charge < -0.3 is 10.3 Å². The molecule has 0 atom stereocenters. The largest absolute Gasteiger partial charge is 0.471 e. The van der Waals surface area contributed by atoms with Gasteiger partial charge in [0.15, 0.2) is 5.82 Å². The van der Waals surface area contributed by atoms with E-state index in [1.807, 2.05) is 37.3 Å². The number of benzene rings is 2. The standard InChI is InChI=1S/C23H15ClF3N3O2S/c1-12-17(14-7-3-2-4-8-14)18-20(31)29-19(30-21(18)33-12)16(24)11-13-6-5-9-15(10-13)28-22(32)23(25,26)27/h2-11H,1H3,(H,28,32)(H,29,30,31)/b16-11-. The Morgan fingerprint density at radius 2 is 1.88 bits per heavy atom. The van der Waals surface area contributed by atoms with Crippen molar-refractivity contribution in [2.75, 3.05) is 5.32 Å². The predicted molar refractivity (Wildman–Crippen MR) is 125 cm³/mol. The van der Waals surface area contributed by atoms with Crippen LogP contribution in [0.4, 0.5) is 18.9 Å². The Balaban J connectivity index is 1.70. The zero-order valence-electron chi connectivity index (χ0n) is 17.0. The number of halogens is 4. The number of aromatic nitrogens is 2. The molecule has 33 heavy (non-hydrogen) atoms. The average molecular weight is 490 g/mol. The monoisotopic (exact) mass is 489 g/mol.